The van der Waals surface area contributed by atoms with Crippen LogP contribution in [0.1, 0.15) is 57.9 Å². The first-order valence-corrected chi connectivity index (χ1v) is 8.32. The van der Waals surface area contributed by atoms with Gasteiger partial charge in [-0.25, -0.2) is 0 Å². The van der Waals surface area contributed by atoms with Gasteiger partial charge in [-0.3, -0.25) is 0 Å². The molecule has 1 aromatic rings. The number of hydrogen-bond acceptors (Lipinski definition) is 2. The van der Waals surface area contributed by atoms with E-state index in [-0.39, 0.29) is 0 Å². The lowest BCUT2D eigenvalue weighted by Gasteiger charge is -2.32. The molecule has 20 heavy (non-hydrogen) atoms. The molecule has 1 N–H and O–H groups in total. The van der Waals surface area contributed by atoms with Crippen LogP contribution in [0.2, 0.25) is 0 Å². The van der Waals surface area contributed by atoms with Gasteiger partial charge in [0, 0.05) is 6.04 Å². The van der Waals surface area contributed by atoms with Crippen molar-refractivity contribution >= 4 is 0 Å². The molecule has 1 aliphatic carbocycles. The molecule has 0 radical (unpaired) electrons. The summed E-state index contributed by atoms with van der Waals surface area (Å²) in [5.41, 5.74) is 1.41. The fraction of sp³-hybridized carbons (Fsp3) is 0.667. The fourth-order valence-electron chi connectivity index (χ4n) is 3.00. The van der Waals surface area contributed by atoms with Gasteiger partial charge in [-0.2, -0.15) is 0 Å². The lowest BCUT2D eigenvalue weighted by Crippen LogP contribution is -2.45. The molecular formula is C18H29NO. The van der Waals surface area contributed by atoms with Crippen molar-refractivity contribution in [3.05, 3.63) is 29.8 Å². The molecule has 2 rings (SSSR count). The molecular weight excluding hydrogens is 246 g/mol. The van der Waals surface area contributed by atoms with Gasteiger partial charge in [-0.1, -0.05) is 38.8 Å². The van der Waals surface area contributed by atoms with E-state index in [1.54, 1.807) is 0 Å². The van der Waals surface area contributed by atoms with Crippen LogP contribution in [-0.2, 0) is 6.42 Å². The Morgan fingerprint density at radius 3 is 2.50 bits per heavy atom. The predicted molar refractivity (Wildman–Crippen MR) is 85.4 cm³/mol. The van der Waals surface area contributed by atoms with Gasteiger partial charge in [-0.05, 0) is 56.3 Å². The second-order valence-corrected chi connectivity index (χ2v) is 5.90. The summed E-state index contributed by atoms with van der Waals surface area (Å²) < 4.78 is 6.24. The molecule has 1 aliphatic rings. The van der Waals surface area contributed by atoms with Gasteiger partial charge in [-0.15, -0.1) is 0 Å². The molecule has 0 spiro atoms. The third kappa shape index (κ3) is 4.52. The van der Waals surface area contributed by atoms with Crippen LogP contribution in [-0.4, -0.2) is 18.7 Å². The first-order chi connectivity index (χ1) is 9.83. The van der Waals surface area contributed by atoms with Crippen molar-refractivity contribution in [2.45, 2.75) is 70.9 Å². The highest BCUT2D eigenvalue weighted by molar-refractivity contribution is 5.27. The molecule has 2 nitrogen and oxygen atoms in total. The summed E-state index contributed by atoms with van der Waals surface area (Å²) in [4.78, 5) is 0. The van der Waals surface area contributed by atoms with Gasteiger partial charge in [0.2, 0.25) is 0 Å². The summed E-state index contributed by atoms with van der Waals surface area (Å²) in [7, 11) is 0. The van der Waals surface area contributed by atoms with Crippen molar-refractivity contribution in [3.8, 4) is 5.75 Å². The van der Waals surface area contributed by atoms with Gasteiger partial charge in [0.05, 0.1) is 0 Å². The molecule has 1 aromatic carbocycles. The summed E-state index contributed by atoms with van der Waals surface area (Å²) in [6.45, 7) is 5.54. The van der Waals surface area contributed by atoms with Crippen molar-refractivity contribution < 1.29 is 4.74 Å². The Balaban J connectivity index is 1.91. The van der Waals surface area contributed by atoms with Crippen molar-refractivity contribution in [3.63, 3.8) is 0 Å². The van der Waals surface area contributed by atoms with Gasteiger partial charge < -0.3 is 10.1 Å². The normalized spacial score (nSPS) is 22.7. The number of aryl methyl sites for hydroxylation is 1. The van der Waals surface area contributed by atoms with Crippen molar-refractivity contribution in [2.75, 3.05) is 6.54 Å². The summed E-state index contributed by atoms with van der Waals surface area (Å²) in [6, 6.07) is 9.21. The predicted octanol–water partition coefficient (Wildman–Crippen LogP) is 4.33. The third-order valence-electron chi connectivity index (χ3n) is 4.11. The summed E-state index contributed by atoms with van der Waals surface area (Å²) in [5, 5.41) is 3.65. The standard InChI is InChI=1S/C18H29NO/c1-3-7-15-10-12-16(13-11-15)20-18-9-6-5-8-17(18)19-14-4-2/h10-13,17-19H,3-9,14H2,1-2H3. The zero-order valence-electron chi connectivity index (χ0n) is 13.0. The van der Waals surface area contributed by atoms with E-state index in [1.807, 2.05) is 0 Å². The van der Waals surface area contributed by atoms with E-state index in [2.05, 4.69) is 43.4 Å². The van der Waals surface area contributed by atoms with Crippen LogP contribution < -0.4 is 10.1 Å². The minimum absolute atomic E-state index is 0.340. The summed E-state index contributed by atoms with van der Waals surface area (Å²) in [5.74, 6) is 1.03. The number of ether oxygens (including phenoxy) is 1. The Bertz CT molecular complexity index is 374. The van der Waals surface area contributed by atoms with Gasteiger partial charge in [0.1, 0.15) is 11.9 Å². The maximum absolute atomic E-state index is 6.24. The minimum atomic E-state index is 0.340. The maximum Gasteiger partial charge on any atom is 0.119 e. The SMILES string of the molecule is CCCNC1CCCCC1Oc1ccc(CCC)cc1. The number of nitrogens with one attached hydrogen (secondary N) is 1. The van der Waals surface area contributed by atoms with E-state index >= 15 is 0 Å². The largest absolute Gasteiger partial charge is 0.489 e. The number of hydrogen-bond donors (Lipinski definition) is 1. The lowest BCUT2D eigenvalue weighted by molar-refractivity contribution is 0.114. The second kappa shape index (κ2) is 8.31. The maximum atomic E-state index is 6.24. The van der Waals surface area contributed by atoms with Crippen LogP contribution in [0.5, 0.6) is 5.75 Å². The highest BCUT2D eigenvalue weighted by Crippen LogP contribution is 2.24. The van der Waals surface area contributed by atoms with Crippen molar-refractivity contribution in [2.24, 2.45) is 0 Å². The molecule has 2 atom stereocenters. The monoisotopic (exact) mass is 275 g/mol. The van der Waals surface area contributed by atoms with Gasteiger partial charge in [0.15, 0.2) is 0 Å². The average molecular weight is 275 g/mol. The molecule has 0 aliphatic heterocycles. The van der Waals surface area contributed by atoms with Gasteiger partial charge >= 0.3 is 0 Å². The van der Waals surface area contributed by atoms with Crippen LogP contribution in [0.4, 0.5) is 0 Å². The smallest absolute Gasteiger partial charge is 0.119 e. The van der Waals surface area contributed by atoms with E-state index in [9.17, 15) is 0 Å². The van der Waals surface area contributed by atoms with Crippen LogP contribution in [0, 0.1) is 0 Å². The molecule has 2 unspecified atom stereocenters. The first kappa shape index (κ1) is 15.4. The van der Waals surface area contributed by atoms with Crippen LogP contribution in [0.15, 0.2) is 24.3 Å². The fourth-order valence-corrected chi connectivity index (χ4v) is 3.00. The molecule has 1 saturated carbocycles. The summed E-state index contributed by atoms with van der Waals surface area (Å²) >= 11 is 0. The lowest BCUT2D eigenvalue weighted by atomic mass is 9.92. The molecule has 0 heterocycles. The highest BCUT2D eigenvalue weighted by Gasteiger charge is 2.25. The second-order valence-electron chi connectivity index (χ2n) is 5.90. The van der Waals surface area contributed by atoms with Crippen molar-refractivity contribution in [1.82, 2.24) is 5.32 Å². The third-order valence-corrected chi connectivity index (χ3v) is 4.11. The quantitative estimate of drug-likeness (QED) is 0.799. The first-order valence-electron chi connectivity index (χ1n) is 8.32. The van der Waals surface area contributed by atoms with Crippen LogP contribution in [0.3, 0.4) is 0 Å². The number of rotatable bonds is 7. The Kier molecular flexibility index (Phi) is 6.38. The molecule has 2 heteroatoms. The zero-order valence-corrected chi connectivity index (χ0v) is 13.0. The zero-order chi connectivity index (χ0) is 14.2. The molecule has 0 saturated heterocycles. The topological polar surface area (TPSA) is 21.3 Å². The molecule has 0 bridgehead atoms. The molecule has 0 aromatic heterocycles. The van der Waals surface area contributed by atoms with Crippen molar-refractivity contribution in [1.29, 1.82) is 0 Å². The minimum Gasteiger partial charge on any atom is -0.489 e. The Labute approximate surface area is 123 Å². The van der Waals surface area contributed by atoms with E-state index in [4.69, 9.17) is 4.74 Å². The number of benzene rings is 1. The molecule has 112 valence electrons. The van der Waals surface area contributed by atoms with Crippen LogP contribution in [0.25, 0.3) is 0 Å². The average Bonchev–Trinajstić information content (AvgIpc) is 2.49. The van der Waals surface area contributed by atoms with Gasteiger partial charge in [0.25, 0.3) is 0 Å². The highest BCUT2D eigenvalue weighted by atomic mass is 16.5. The Morgan fingerprint density at radius 2 is 1.80 bits per heavy atom. The molecule has 1 fully saturated rings. The van der Waals surface area contributed by atoms with E-state index < -0.39 is 0 Å². The van der Waals surface area contributed by atoms with Crippen LogP contribution >= 0.6 is 0 Å². The Morgan fingerprint density at radius 1 is 1.05 bits per heavy atom. The van der Waals surface area contributed by atoms with E-state index in [0.717, 1.165) is 18.7 Å². The van der Waals surface area contributed by atoms with E-state index in [1.165, 1.54) is 44.1 Å². The van der Waals surface area contributed by atoms with E-state index in [0.29, 0.717) is 12.1 Å². The Hall–Kier alpha value is -1.02. The molecule has 0 amide bonds. The summed E-state index contributed by atoms with van der Waals surface area (Å²) in [6.07, 6.45) is 8.94.